The van der Waals surface area contributed by atoms with Gasteiger partial charge in [-0.25, -0.2) is 0 Å². The minimum absolute atomic E-state index is 0.119. The Morgan fingerprint density at radius 1 is 1.33 bits per heavy atom. The third kappa shape index (κ3) is 3.33. The first-order chi connectivity index (χ1) is 8.66. The van der Waals surface area contributed by atoms with Crippen LogP contribution in [-0.2, 0) is 11.2 Å². The molecule has 3 heteroatoms. The average Bonchev–Trinajstić information content (AvgIpc) is 2.35. The Hall–Kier alpha value is -1.35. The Bertz CT molecular complexity index is 381. The maximum Gasteiger partial charge on any atom is 0.224 e. The molecule has 0 spiro atoms. The first-order valence-corrected chi connectivity index (χ1v) is 6.73. The number of hydrogen-bond acceptors (Lipinski definition) is 2. The summed E-state index contributed by atoms with van der Waals surface area (Å²) >= 11 is 0. The summed E-state index contributed by atoms with van der Waals surface area (Å²) in [6.07, 6.45) is 1.59. The Morgan fingerprint density at radius 2 is 2.06 bits per heavy atom. The number of amides is 1. The lowest BCUT2D eigenvalue weighted by Gasteiger charge is -2.36. The standard InChI is InChI=1S/C15H22N2O/c1-11-8-9-16-12(2)15(11)17-14(18)10-13-6-4-3-5-7-13/h3-7,11-12,15-16H,8-10H2,1-2H3,(H,17,18). The van der Waals surface area contributed by atoms with Crippen LogP contribution in [0.3, 0.4) is 0 Å². The molecule has 0 radical (unpaired) electrons. The first-order valence-electron chi connectivity index (χ1n) is 6.73. The number of piperidine rings is 1. The van der Waals surface area contributed by atoms with Crippen molar-refractivity contribution >= 4 is 5.91 Å². The van der Waals surface area contributed by atoms with Crippen molar-refractivity contribution in [2.75, 3.05) is 6.54 Å². The van der Waals surface area contributed by atoms with E-state index in [0.29, 0.717) is 18.4 Å². The van der Waals surface area contributed by atoms with E-state index < -0.39 is 0 Å². The molecular weight excluding hydrogens is 224 g/mol. The van der Waals surface area contributed by atoms with Crippen molar-refractivity contribution in [3.63, 3.8) is 0 Å². The predicted octanol–water partition coefficient (Wildman–Crippen LogP) is 1.73. The van der Waals surface area contributed by atoms with Gasteiger partial charge < -0.3 is 10.6 Å². The molecular formula is C15H22N2O. The van der Waals surface area contributed by atoms with E-state index >= 15 is 0 Å². The Balaban J connectivity index is 1.90. The number of nitrogens with one attached hydrogen (secondary N) is 2. The monoisotopic (exact) mass is 246 g/mol. The van der Waals surface area contributed by atoms with Crippen molar-refractivity contribution in [1.29, 1.82) is 0 Å². The lowest BCUT2D eigenvalue weighted by atomic mass is 9.89. The van der Waals surface area contributed by atoms with Gasteiger partial charge in [0.2, 0.25) is 5.91 Å². The van der Waals surface area contributed by atoms with Gasteiger partial charge in [0.1, 0.15) is 0 Å². The molecule has 3 unspecified atom stereocenters. The van der Waals surface area contributed by atoms with Gasteiger partial charge >= 0.3 is 0 Å². The summed E-state index contributed by atoms with van der Waals surface area (Å²) < 4.78 is 0. The molecule has 1 amide bonds. The van der Waals surface area contributed by atoms with Crippen LogP contribution >= 0.6 is 0 Å². The van der Waals surface area contributed by atoms with Gasteiger partial charge in [-0.2, -0.15) is 0 Å². The van der Waals surface area contributed by atoms with Crippen LogP contribution in [0.15, 0.2) is 30.3 Å². The molecule has 1 aromatic rings. The van der Waals surface area contributed by atoms with Crippen LogP contribution in [0.25, 0.3) is 0 Å². The van der Waals surface area contributed by atoms with E-state index in [-0.39, 0.29) is 11.9 Å². The fourth-order valence-electron chi connectivity index (χ4n) is 2.62. The van der Waals surface area contributed by atoms with Crippen molar-refractivity contribution < 1.29 is 4.79 Å². The Labute approximate surface area is 109 Å². The molecule has 3 atom stereocenters. The van der Waals surface area contributed by atoms with Crippen molar-refractivity contribution in [1.82, 2.24) is 10.6 Å². The molecule has 1 fully saturated rings. The third-order valence-corrected chi connectivity index (χ3v) is 3.75. The van der Waals surface area contributed by atoms with Crippen molar-refractivity contribution in [3.8, 4) is 0 Å². The van der Waals surface area contributed by atoms with Crippen LogP contribution in [0.4, 0.5) is 0 Å². The molecule has 0 aliphatic carbocycles. The number of carbonyl (C=O) groups is 1. The molecule has 2 rings (SSSR count). The number of hydrogen-bond donors (Lipinski definition) is 2. The van der Waals surface area contributed by atoms with Crippen LogP contribution in [0.5, 0.6) is 0 Å². The number of rotatable bonds is 3. The summed E-state index contributed by atoms with van der Waals surface area (Å²) in [7, 11) is 0. The first kappa shape index (κ1) is 13.1. The zero-order chi connectivity index (χ0) is 13.0. The molecule has 98 valence electrons. The number of carbonyl (C=O) groups excluding carboxylic acids is 1. The van der Waals surface area contributed by atoms with Gasteiger partial charge in [0.05, 0.1) is 6.42 Å². The highest BCUT2D eigenvalue weighted by Crippen LogP contribution is 2.16. The highest BCUT2D eigenvalue weighted by Gasteiger charge is 2.28. The highest BCUT2D eigenvalue weighted by atomic mass is 16.1. The summed E-state index contributed by atoms with van der Waals surface area (Å²) in [6, 6.07) is 10.5. The second kappa shape index (κ2) is 6.01. The third-order valence-electron chi connectivity index (χ3n) is 3.75. The van der Waals surface area contributed by atoms with E-state index in [4.69, 9.17) is 0 Å². The average molecular weight is 246 g/mol. The SMILES string of the molecule is CC1CCNC(C)C1NC(=O)Cc1ccccc1. The summed E-state index contributed by atoms with van der Waals surface area (Å²) in [5, 5.41) is 6.58. The smallest absolute Gasteiger partial charge is 0.224 e. The molecule has 18 heavy (non-hydrogen) atoms. The fraction of sp³-hybridized carbons (Fsp3) is 0.533. The molecule has 2 N–H and O–H groups in total. The quantitative estimate of drug-likeness (QED) is 0.853. The van der Waals surface area contributed by atoms with Gasteiger partial charge in [0.15, 0.2) is 0 Å². The van der Waals surface area contributed by atoms with Gasteiger partial charge in [-0.3, -0.25) is 4.79 Å². The van der Waals surface area contributed by atoms with Gasteiger partial charge in [0.25, 0.3) is 0 Å². The summed E-state index contributed by atoms with van der Waals surface area (Å²) in [4.78, 5) is 12.0. The molecule has 1 aliphatic rings. The zero-order valence-corrected chi connectivity index (χ0v) is 11.1. The normalized spacial score (nSPS) is 27.8. The van der Waals surface area contributed by atoms with Gasteiger partial charge in [-0.05, 0) is 31.4 Å². The van der Waals surface area contributed by atoms with E-state index in [0.717, 1.165) is 18.5 Å². The van der Waals surface area contributed by atoms with E-state index in [1.54, 1.807) is 0 Å². The van der Waals surface area contributed by atoms with E-state index in [1.165, 1.54) is 0 Å². The Kier molecular flexibility index (Phi) is 4.37. The molecule has 0 aromatic heterocycles. The molecule has 1 aromatic carbocycles. The van der Waals surface area contributed by atoms with Crippen LogP contribution in [0, 0.1) is 5.92 Å². The van der Waals surface area contributed by atoms with Crippen molar-refractivity contribution in [2.45, 2.75) is 38.8 Å². The van der Waals surface area contributed by atoms with Crippen molar-refractivity contribution in [3.05, 3.63) is 35.9 Å². The predicted molar refractivity (Wildman–Crippen MR) is 73.3 cm³/mol. The molecule has 1 aliphatic heterocycles. The van der Waals surface area contributed by atoms with Crippen LogP contribution in [0.2, 0.25) is 0 Å². The maximum atomic E-state index is 12.0. The molecule has 1 saturated heterocycles. The maximum absolute atomic E-state index is 12.0. The summed E-state index contributed by atoms with van der Waals surface area (Å²) in [5.74, 6) is 0.662. The van der Waals surface area contributed by atoms with E-state index in [1.807, 2.05) is 30.3 Å². The van der Waals surface area contributed by atoms with Crippen LogP contribution in [0.1, 0.15) is 25.8 Å². The van der Waals surface area contributed by atoms with Crippen molar-refractivity contribution in [2.24, 2.45) is 5.92 Å². The summed E-state index contributed by atoms with van der Waals surface area (Å²) in [5.41, 5.74) is 1.07. The van der Waals surface area contributed by atoms with Crippen LogP contribution < -0.4 is 10.6 Å². The van der Waals surface area contributed by atoms with E-state index in [9.17, 15) is 4.79 Å². The van der Waals surface area contributed by atoms with Gasteiger partial charge in [-0.1, -0.05) is 37.3 Å². The fourth-order valence-corrected chi connectivity index (χ4v) is 2.62. The van der Waals surface area contributed by atoms with Crippen LogP contribution in [-0.4, -0.2) is 24.5 Å². The summed E-state index contributed by atoms with van der Waals surface area (Å²) in [6.45, 7) is 5.40. The minimum atomic E-state index is 0.119. The van der Waals surface area contributed by atoms with Gasteiger partial charge in [-0.15, -0.1) is 0 Å². The zero-order valence-electron chi connectivity index (χ0n) is 11.1. The second-order valence-corrected chi connectivity index (χ2v) is 5.26. The molecule has 3 nitrogen and oxygen atoms in total. The lowest BCUT2D eigenvalue weighted by Crippen LogP contribution is -2.56. The van der Waals surface area contributed by atoms with E-state index in [2.05, 4.69) is 24.5 Å². The Morgan fingerprint density at radius 3 is 2.72 bits per heavy atom. The highest BCUT2D eigenvalue weighted by molar-refractivity contribution is 5.78. The molecule has 1 heterocycles. The minimum Gasteiger partial charge on any atom is -0.351 e. The van der Waals surface area contributed by atoms with Gasteiger partial charge in [0, 0.05) is 12.1 Å². The topological polar surface area (TPSA) is 41.1 Å². The lowest BCUT2D eigenvalue weighted by molar-refractivity contribution is -0.121. The number of benzene rings is 1. The molecule has 0 saturated carbocycles. The molecule has 0 bridgehead atoms. The second-order valence-electron chi connectivity index (χ2n) is 5.26. The largest absolute Gasteiger partial charge is 0.351 e.